The fraction of sp³-hybridized carbons (Fsp3) is 0.800. The zero-order chi connectivity index (χ0) is 13.5. The van der Waals surface area contributed by atoms with Crippen LogP contribution in [0.3, 0.4) is 0 Å². The minimum atomic E-state index is 0.710. The topological polar surface area (TPSA) is 28.2 Å². The van der Waals surface area contributed by atoms with E-state index in [0.29, 0.717) is 6.04 Å². The fourth-order valence-corrected chi connectivity index (χ4v) is 3.47. The van der Waals surface area contributed by atoms with Gasteiger partial charge in [-0.15, -0.1) is 11.3 Å². The van der Waals surface area contributed by atoms with Crippen LogP contribution >= 0.6 is 11.3 Å². The van der Waals surface area contributed by atoms with Gasteiger partial charge in [-0.3, -0.25) is 0 Å². The molecule has 3 nitrogen and oxygen atoms in total. The predicted molar refractivity (Wildman–Crippen MR) is 82.9 cm³/mol. The molecule has 0 aromatic carbocycles. The Morgan fingerprint density at radius 2 is 2.32 bits per heavy atom. The van der Waals surface area contributed by atoms with Crippen molar-refractivity contribution >= 4 is 11.3 Å². The van der Waals surface area contributed by atoms with Crippen molar-refractivity contribution in [3.63, 3.8) is 0 Å². The van der Waals surface area contributed by atoms with Crippen LogP contribution < -0.4 is 5.32 Å². The SMILES string of the molecule is CCCN1CCCC(NCCc2csc(C)n2)CC1. The minimum Gasteiger partial charge on any atom is -0.314 e. The van der Waals surface area contributed by atoms with E-state index in [0.717, 1.165) is 13.0 Å². The summed E-state index contributed by atoms with van der Waals surface area (Å²) in [4.78, 5) is 7.14. The third kappa shape index (κ3) is 5.21. The Morgan fingerprint density at radius 1 is 1.42 bits per heavy atom. The van der Waals surface area contributed by atoms with Crippen molar-refractivity contribution in [3.8, 4) is 0 Å². The Morgan fingerprint density at radius 3 is 3.05 bits per heavy atom. The van der Waals surface area contributed by atoms with Crippen LogP contribution in [0.15, 0.2) is 5.38 Å². The average molecular weight is 281 g/mol. The zero-order valence-electron chi connectivity index (χ0n) is 12.3. The van der Waals surface area contributed by atoms with E-state index in [4.69, 9.17) is 0 Å². The summed E-state index contributed by atoms with van der Waals surface area (Å²) in [6.07, 6.45) is 6.32. The summed E-state index contributed by atoms with van der Waals surface area (Å²) in [7, 11) is 0. The Bertz CT molecular complexity index is 364. The number of nitrogens with zero attached hydrogens (tertiary/aromatic N) is 2. The maximum atomic E-state index is 4.52. The molecule has 1 N–H and O–H groups in total. The number of aromatic nitrogens is 1. The molecule has 1 atom stereocenters. The van der Waals surface area contributed by atoms with Gasteiger partial charge in [-0.1, -0.05) is 6.92 Å². The van der Waals surface area contributed by atoms with Gasteiger partial charge < -0.3 is 10.2 Å². The van der Waals surface area contributed by atoms with E-state index in [1.165, 1.54) is 56.0 Å². The van der Waals surface area contributed by atoms with Crippen LogP contribution in [0.1, 0.15) is 43.3 Å². The Kier molecular flexibility index (Phi) is 6.28. The van der Waals surface area contributed by atoms with Crippen molar-refractivity contribution in [3.05, 3.63) is 16.1 Å². The van der Waals surface area contributed by atoms with E-state index in [-0.39, 0.29) is 0 Å². The molecule has 108 valence electrons. The van der Waals surface area contributed by atoms with Gasteiger partial charge in [0.1, 0.15) is 0 Å². The molecule has 1 aromatic heterocycles. The van der Waals surface area contributed by atoms with Crippen LogP contribution in [0.25, 0.3) is 0 Å². The van der Waals surface area contributed by atoms with Crippen LogP contribution in [-0.2, 0) is 6.42 Å². The van der Waals surface area contributed by atoms with Gasteiger partial charge in [-0.25, -0.2) is 4.98 Å². The number of hydrogen-bond donors (Lipinski definition) is 1. The second-order valence-corrected chi connectivity index (χ2v) is 6.59. The largest absolute Gasteiger partial charge is 0.314 e. The van der Waals surface area contributed by atoms with Crippen LogP contribution in [0.4, 0.5) is 0 Å². The first-order chi connectivity index (χ1) is 9.28. The number of rotatable bonds is 6. The van der Waals surface area contributed by atoms with Crippen molar-refractivity contribution in [1.82, 2.24) is 15.2 Å². The van der Waals surface area contributed by atoms with E-state index in [9.17, 15) is 0 Å². The van der Waals surface area contributed by atoms with E-state index >= 15 is 0 Å². The van der Waals surface area contributed by atoms with E-state index in [2.05, 4.69) is 34.4 Å². The van der Waals surface area contributed by atoms with Gasteiger partial charge in [0.15, 0.2) is 0 Å². The van der Waals surface area contributed by atoms with Gasteiger partial charge in [0.25, 0.3) is 0 Å². The zero-order valence-corrected chi connectivity index (χ0v) is 13.1. The number of aryl methyl sites for hydroxylation is 1. The van der Waals surface area contributed by atoms with Gasteiger partial charge in [-0.05, 0) is 52.2 Å². The molecule has 0 bridgehead atoms. The van der Waals surface area contributed by atoms with Gasteiger partial charge in [0.05, 0.1) is 10.7 Å². The van der Waals surface area contributed by atoms with Crippen LogP contribution in [0.5, 0.6) is 0 Å². The summed E-state index contributed by atoms with van der Waals surface area (Å²) in [5.74, 6) is 0. The van der Waals surface area contributed by atoms with E-state index < -0.39 is 0 Å². The smallest absolute Gasteiger partial charge is 0.0897 e. The average Bonchev–Trinajstić information content (AvgIpc) is 2.67. The minimum absolute atomic E-state index is 0.710. The Hall–Kier alpha value is -0.450. The molecule has 0 spiro atoms. The van der Waals surface area contributed by atoms with Crippen LogP contribution in [-0.4, -0.2) is 42.1 Å². The molecule has 2 rings (SSSR count). The number of nitrogens with one attached hydrogen (secondary N) is 1. The van der Waals surface area contributed by atoms with Crippen molar-refractivity contribution < 1.29 is 0 Å². The highest BCUT2D eigenvalue weighted by Crippen LogP contribution is 2.12. The molecule has 1 fully saturated rings. The first kappa shape index (κ1) is 14.9. The molecule has 0 radical (unpaired) electrons. The Balaban J connectivity index is 1.65. The normalized spacial score (nSPS) is 21.5. The van der Waals surface area contributed by atoms with Gasteiger partial charge in [0, 0.05) is 24.4 Å². The lowest BCUT2D eigenvalue weighted by atomic mass is 10.1. The maximum Gasteiger partial charge on any atom is 0.0897 e. The Labute approximate surface area is 121 Å². The molecule has 0 amide bonds. The molecule has 1 aliphatic heterocycles. The summed E-state index contributed by atoms with van der Waals surface area (Å²) in [5, 5.41) is 7.09. The predicted octanol–water partition coefficient (Wildman–Crippen LogP) is 2.85. The number of thiazole rings is 1. The summed E-state index contributed by atoms with van der Waals surface area (Å²) in [6.45, 7) is 9.25. The van der Waals surface area contributed by atoms with Crippen LogP contribution in [0.2, 0.25) is 0 Å². The summed E-state index contributed by atoms with van der Waals surface area (Å²) < 4.78 is 0. The highest BCUT2D eigenvalue weighted by atomic mass is 32.1. The summed E-state index contributed by atoms with van der Waals surface area (Å²) in [6, 6.07) is 0.710. The molecule has 0 aliphatic carbocycles. The molecule has 1 unspecified atom stereocenters. The quantitative estimate of drug-likeness (QED) is 0.869. The summed E-state index contributed by atoms with van der Waals surface area (Å²) >= 11 is 1.75. The van der Waals surface area contributed by atoms with Crippen LogP contribution in [0, 0.1) is 6.92 Å². The molecule has 0 saturated carbocycles. The molecule has 2 heterocycles. The molecule has 1 saturated heterocycles. The standard InChI is InChI=1S/C15H27N3S/c1-3-9-18-10-4-5-14(7-11-18)16-8-6-15-12-19-13(2)17-15/h12,14,16H,3-11H2,1-2H3. The third-order valence-corrected chi connectivity index (χ3v) is 4.66. The van der Waals surface area contributed by atoms with Gasteiger partial charge in [0.2, 0.25) is 0 Å². The maximum absolute atomic E-state index is 4.52. The first-order valence-electron chi connectivity index (χ1n) is 7.64. The second kappa shape index (κ2) is 7.98. The second-order valence-electron chi connectivity index (χ2n) is 5.53. The van der Waals surface area contributed by atoms with Crippen molar-refractivity contribution in [2.24, 2.45) is 0 Å². The van der Waals surface area contributed by atoms with Crippen molar-refractivity contribution in [1.29, 1.82) is 0 Å². The summed E-state index contributed by atoms with van der Waals surface area (Å²) in [5.41, 5.74) is 1.25. The lowest BCUT2D eigenvalue weighted by molar-refractivity contribution is 0.283. The van der Waals surface area contributed by atoms with E-state index in [1.807, 2.05) is 0 Å². The van der Waals surface area contributed by atoms with Crippen molar-refractivity contribution in [2.75, 3.05) is 26.2 Å². The molecule has 1 aromatic rings. The molecule has 4 heteroatoms. The van der Waals surface area contributed by atoms with Gasteiger partial charge >= 0.3 is 0 Å². The first-order valence-corrected chi connectivity index (χ1v) is 8.52. The lowest BCUT2D eigenvalue weighted by Crippen LogP contribution is -2.32. The molecule has 19 heavy (non-hydrogen) atoms. The number of hydrogen-bond acceptors (Lipinski definition) is 4. The molecular weight excluding hydrogens is 254 g/mol. The third-order valence-electron chi connectivity index (χ3n) is 3.84. The van der Waals surface area contributed by atoms with E-state index in [1.54, 1.807) is 11.3 Å². The molecular formula is C15H27N3S. The highest BCUT2D eigenvalue weighted by molar-refractivity contribution is 7.09. The number of likely N-dealkylation sites (tertiary alicyclic amines) is 1. The molecule has 1 aliphatic rings. The van der Waals surface area contributed by atoms with Gasteiger partial charge in [-0.2, -0.15) is 0 Å². The fourth-order valence-electron chi connectivity index (χ4n) is 2.83. The lowest BCUT2D eigenvalue weighted by Gasteiger charge is -2.19. The monoisotopic (exact) mass is 281 g/mol. The van der Waals surface area contributed by atoms with Crippen molar-refractivity contribution in [2.45, 2.75) is 52.0 Å². The highest BCUT2D eigenvalue weighted by Gasteiger charge is 2.15.